The third kappa shape index (κ3) is 3.32. The predicted molar refractivity (Wildman–Crippen MR) is 81.8 cm³/mol. The lowest BCUT2D eigenvalue weighted by atomic mass is 10.2. The number of hydrogen-bond donors (Lipinski definition) is 1. The SMILES string of the molecule is CCN1CCO[C@H](C(=O)Nc2ccc(-n3ccnc3)nc2)C1. The molecule has 2 aromatic heterocycles. The van der Waals surface area contributed by atoms with E-state index >= 15 is 0 Å². The van der Waals surface area contributed by atoms with Crippen LogP contribution in [0.5, 0.6) is 0 Å². The van der Waals surface area contributed by atoms with Crippen molar-refractivity contribution < 1.29 is 9.53 Å². The minimum absolute atomic E-state index is 0.129. The molecule has 7 nitrogen and oxygen atoms in total. The molecule has 1 amide bonds. The second-order valence-electron chi connectivity index (χ2n) is 5.12. The first-order chi connectivity index (χ1) is 10.8. The van der Waals surface area contributed by atoms with E-state index in [1.165, 1.54) is 0 Å². The van der Waals surface area contributed by atoms with E-state index in [1.54, 1.807) is 23.3 Å². The lowest BCUT2D eigenvalue weighted by Crippen LogP contribution is -2.47. The van der Waals surface area contributed by atoms with Crippen molar-refractivity contribution in [2.24, 2.45) is 0 Å². The van der Waals surface area contributed by atoms with Crippen LogP contribution in [0.1, 0.15) is 6.92 Å². The number of amides is 1. The van der Waals surface area contributed by atoms with E-state index in [4.69, 9.17) is 4.74 Å². The largest absolute Gasteiger partial charge is 0.366 e. The molecule has 0 aromatic carbocycles. The van der Waals surface area contributed by atoms with Gasteiger partial charge in [0.05, 0.1) is 18.5 Å². The van der Waals surface area contributed by atoms with Gasteiger partial charge in [0.15, 0.2) is 0 Å². The maximum Gasteiger partial charge on any atom is 0.254 e. The van der Waals surface area contributed by atoms with Crippen LogP contribution in [0.2, 0.25) is 0 Å². The number of carbonyl (C=O) groups is 1. The van der Waals surface area contributed by atoms with Gasteiger partial charge in [-0.25, -0.2) is 9.97 Å². The van der Waals surface area contributed by atoms with Crippen LogP contribution in [0.4, 0.5) is 5.69 Å². The molecule has 0 radical (unpaired) electrons. The molecule has 22 heavy (non-hydrogen) atoms. The summed E-state index contributed by atoms with van der Waals surface area (Å²) in [6, 6.07) is 3.65. The Labute approximate surface area is 128 Å². The van der Waals surface area contributed by atoms with Gasteiger partial charge in [-0.05, 0) is 18.7 Å². The van der Waals surface area contributed by atoms with Crippen LogP contribution in [0.3, 0.4) is 0 Å². The lowest BCUT2D eigenvalue weighted by Gasteiger charge is -2.31. The summed E-state index contributed by atoms with van der Waals surface area (Å²) in [7, 11) is 0. The molecule has 7 heteroatoms. The molecular formula is C15H19N5O2. The van der Waals surface area contributed by atoms with Gasteiger partial charge in [-0.1, -0.05) is 6.92 Å². The van der Waals surface area contributed by atoms with Gasteiger partial charge >= 0.3 is 0 Å². The summed E-state index contributed by atoms with van der Waals surface area (Å²) in [6.07, 6.45) is 6.39. The molecule has 1 aliphatic rings. The molecule has 2 aromatic rings. The number of hydrogen-bond acceptors (Lipinski definition) is 5. The van der Waals surface area contributed by atoms with Crippen LogP contribution < -0.4 is 5.32 Å². The van der Waals surface area contributed by atoms with Gasteiger partial charge in [-0.2, -0.15) is 0 Å². The quantitative estimate of drug-likeness (QED) is 0.909. The third-order valence-electron chi connectivity index (χ3n) is 3.67. The molecule has 3 heterocycles. The van der Waals surface area contributed by atoms with Gasteiger partial charge in [0, 0.05) is 25.5 Å². The average Bonchev–Trinajstić information content (AvgIpc) is 3.10. The molecule has 0 spiro atoms. The molecule has 0 unspecified atom stereocenters. The van der Waals surface area contributed by atoms with E-state index in [0.29, 0.717) is 18.8 Å². The van der Waals surface area contributed by atoms with Crippen LogP contribution >= 0.6 is 0 Å². The molecule has 1 atom stereocenters. The molecule has 0 bridgehead atoms. The Morgan fingerprint density at radius 1 is 1.50 bits per heavy atom. The molecule has 1 N–H and O–H groups in total. The number of nitrogens with zero attached hydrogens (tertiary/aromatic N) is 4. The minimum Gasteiger partial charge on any atom is -0.366 e. The molecule has 0 saturated carbocycles. The lowest BCUT2D eigenvalue weighted by molar-refractivity contribution is -0.132. The van der Waals surface area contributed by atoms with Gasteiger partial charge in [-0.15, -0.1) is 0 Å². The van der Waals surface area contributed by atoms with Crippen LogP contribution in [-0.4, -0.2) is 57.7 Å². The highest BCUT2D eigenvalue weighted by Crippen LogP contribution is 2.12. The van der Waals surface area contributed by atoms with Crippen molar-refractivity contribution in [1.29, 1.82) is 0 Å². The standard InChI is InChI=1S/C15H19N5O2/c1-2-19-7-8-22-13(10-19)15(21)18-12-3-4-14(17-9-12)20-6-5-16-11-20/h3-6,9,11,13H,2,7-8,10H2,1H3,(H,18,21)/t13-/m0/s1. The number of likely N-dealkylation sites (N-methyl/N-ethyl adjacent to an activating group) is 1. The second kappa shape index (κ2) is 6.67. The fraction of sp³-hybridized carbons (Fsp3) is 0.400. The highest BCUT2D eigenvalue weighted by Gasteiger charge is 2.25. The van der Waals surface area contributed by atoms with E-state index in [-0.39, 0.29) is 5.91 Å². The fourth-order valence-electron chi connectivity index (χ4n) is 2.38. The van der Waals surface area contributed by atoms with Crippen LogP contribution in [0, 0.1) is 0 Å². The van der Waals surface area contributed by atoms with Gasteiger partial charge in [0.25, 0.3) is 5.91 Å². The van der Waals surface area contributed by atoms with Crippen LogP contribution in [-0.2, 0) is 9.53 Å². The van der Waals surface area contributed by atoms with Crippen LogP contribution in [0.15, 0.2) is 37.1 Å². The van der Waals surface area contributed by atoms with Crippen LogP contribution in [0.25, 0.3) is 5.82 Å². The number of carbonyl (C=O) groups excluding carboxylic acids is 1. The number of rotatable bonds is 4. The van der Waals surface area contributed by atoms with Crippen molar-refractivity contribution >= 4 is 11.6 Å². The number of pyridine rings is 1. The van der Waals surface area contributed by atoms with Gasteiger partial charge in [0.1, 0.15) is 18.2 Å². The summed E-state index contributed by atoms with van der Waals surface area (Å²) < 4.78 is 7.34. The first-order valence-corrected chi connectivity index (χ1v) is 7.35. The van der Waals surface area contributed by atoms with E-state index in [2.05, 4.69) is 27.1 Å². The molecule has 3 rings (SSSR count). The van der Waals surface area contributed by atoms with Crippen molar-refractivity contribution in [3.05, 3.63) is 37.1 Å². The van der Waals surface area contributed by atoms with Gasteiger partial charge in [0.2, 0.25) is 0 Å². The van der Waals surface area contributed by atoms with Crippen molar-refractivity contribution in [2.75, 3.05) is 31.6 Å². The second-order valence-corrected chi connectivity index (χ2v) is 5.12. The summed E-state index contributed by atoms with van der Waals surface area (Å²) in [6.45, 7) is 5.10. The first-order valence-electron chi connectivity index (χ1n) is 7.35. The Hall–Kier alpha value is -2.25. The van der Waals surface area contributed by atoms with Crippen molar-refractivity contribution in [3.63, 3.8) is 0 Å². The Kier molecular flexibility index (Phi) is 4.45. The number of aromatic nitrogens is 3. The van der Waals surface area contributed by atoms with E-state index in [1.807, 2.05) is 18.3 Å². The normalized spacial score (nSPS) is 19.0. The zero-order chi connectivity index (χ0) is 15.4. The first kappa shape index (κ1) is 14.7. The zero-order valence-electron chi connectivity index (χ0n) is 12.5. The van der Waals surface area contributed by atoms with E-state index in [9.17, 15) is 4.79 Å². The number of anilines is 1. The van der Waals surface area contributed by atoms with E-state index < -0.39 is 6.10 Å². The molecule has 1 aliphatic heterocycles. The number of morpholine rings is 1. The summed E-state index contributed by atoms with van der Waals surface area (Å²) in [5, 5.41) is 2.85. The maximum absolute atomic E-state index is 12.2. The Balaban J connectivity index is 1.62. The van der Waals surface area contributed by atoms with Gasteiger partial charge < -0.3 is 10.1 Å². The summed E-state index contributed by atoms with van der Waals surface area (Å²) in [5.41, 5.74) is 0.658. The Morgan fingerprint density at radius 2 is 2.41 bits per heavy atom. The predicted octanol–water partition coefficient (Wildman–Crippen LogP) is 0.926. The zero-order valence-corrected chi connectivity index (χ0v) is 12.5. The average molecular weight is 301 g/mol. The van der Waals surface area contributed by atoms with Gasteiger partial charge in [-0.3, -0.25) is 14.3 Å². The number of imidazole rings is 1. The molecule has 116 valence electrons. The minimum atomic E-state index is -0.429. The maximum atomic E-state index is 12.2. The Bertz CT molecular complexity index is 611. The number of nitrogens with one attached hydrogen (secondary N) is 1. The number of ether oxygens (including phenoxy) is 1. The molecule has 0 aliphatic carbocycles. The van der Waals surface area contributed by atoms with Crippen molar-refractivity contribution in [2.45, 2.75) is 13.0 Å². The van der Waals surface area contributed by atoms with Crippen molar-refractivity contribution in [1.82, 2.24) is 19.4 Å². The molecule has 1 saturated heterocycles. The highest BCUT2D eigenvalue weighted by molar-refractivity contribution is 5.94. The summed E-state index contributed by atoms with van der Waals surface area (Å²) >= 11 is 0. The molecule has 1 fully saturated rings. The summed E-state index contributed by atoms with van der Waals surface area (Å²) in [4.78, 5) is 22.7. The third-order valence-corrected chi connectivity index (χ3v) is 3.67. The Morgan fingerprint density at radius 3 is 3.09 bits per heavy atom. The monoisotopic (exact) mass is 301 g/mol. The summed E-state index contributed by atoms with van der Waals surface area (Å²) in [5.74, 6) is 0.622. The topological polar surface area (TPSA) is 72.3 Å². The van der Waals surface area contributed by atoms with E-state index in [0.717, 1.165) is 18.9 Å². The van der Waals surface area contributed by atoms with Crippen molar-refractivity contribution in [3.8, 4) is 5.82 Å². The highest BCUT2D eigenvalue weighted by atomic mass is 16.5. The fourth-order valence-corrected chi connectivity index (χ4v) is 2.38. The smallest absolute Gasteiger partial charge is 0.254 e. The molecular weight excluding hydrogens is 282 g/mol.